The van der Waals surface area contributed by atoms with Crippen LogP contribution >= 0.6 is 0 Å². The van der Waals surface area contributed by atoms with Gasteiger partial charge in [0.2, 0.25) is 0 Å². The molecule has 1 aliphatic rings. The topological polar surface area (TPSA) is 21.3 Å². The summed E-state index contributed by atoms with van der Waals surface area (Å²) < 4.78 is 5.42. The van der Waals surface area contributed by atoms with Crippen molar-refractivity contribution >= 4 is 5.69 Å². The molecule has 2 heteroatoms. The molecule has 0 aliphatic carbocycles. The Hall–Kier alpha value is -1.02. The van der Waals surface area contributed by atoms with Crippen LogP contribution in [0.4, 0.5) is 5.69 Å². The predicted octanol–water partition coefficient (Wildman–Crippen LogP) is 3.26. The molecule has 0 bridgehead atoms. The van der Waals surface area contributed by atoms with Crippen molar-refractivity contribution in [2.75, 3.05) is 25.1 Å². The second kappa shape index (κ2) is 6.06. The van der Waals surface area contributed by atoms with Crippen LogP contribution in [0.25, 0.3) is 0 Å². The van der Waals surface area contributed by atoms with Gasteiger partial charge in [0.1, 0.15) is 0 Å². The van der Waals surface area contributed by atoms with Gasteiger partial charge in [0.05, 0.1) is 6.61 Å². The monoisotopic (exact) mass is 233 g/mol. The molecule has 94 valence electrons. The zero-order valence-electron chi connectivity index (χ0n) is 11.0. The smallest absolute Gasteiger partial charge is 0.0511 e. The molecule has 0 amide bonds. The van der Waals surface area contributed by atoms with Crippen LogP contribution in [-0.2, 0) is 17.6 Å². The Bertz CT molecular complexity index is 334. The lowest BCUT2D eigenvalue weighted by molar-refractivity contribution is 0.187. The fourth-order valence-corrected chi connectivity index (χ4v) is 2.46. The van der Waals surface area contributed by atoms with Crippen molar-refractivity contribution < 1.29 is 4.74 Å². The number of aryl methyl sites for hydroxylation is 2. The number of rotatable bonds is 5. The molecule has 1 aromatic rings. The lowest BCUT2D eigenvalue weighted by atomic mass is 10.0. The van der Waals surface area contributed by atoms with Crippen molar-refractivity contribution in [3.63, 3.8) is 0 Å². The first-order chi connectivity index (χ1) is 8.35. The summed E-state index contributed by atoms with van der Waals surface area (Å²) >= 11 is 0. The van der Waals surface area contributed by atoms with Crippen LogP contribution in [-0.4, -0.2) is 19.8 Å². The fraction of sp³-hybridized carbons (Fsp3) is 0.600. The predicted molar refractivity (Wildman–Crippen MR) is 72.6 cm³/mol. The molecule has 2 rings (SSSR count). The third kappa shape index (κ3) is 3.01. The third-order valence-electron chi connectivity index (χ3n) is 3.59. The molecule has 1 aromatic carbocycles. The quantitative estimate of drug-likeness (QED) is 0.843. The van der Waals surface area contributed by atoms with Gasteiger partial charge in [0.15, 0.2) is 0 Å². The minimum atomic E-state index is 0.685. The summed E-state index contributed by atoms with van der Waals surface area (Å²) in [6.07, 6.45) is 3.39. The van der Waals surface area contributed by atoms with Gasteiger partial charge in [0, 0.05) is 24.8 Å². The minimum Gasteiger partial charge on any atom is -0.384 e. The highest BCUT2D eigenvalue weighted by atomic mass is 16.5. The van der Waals surface area contributed by atoms with Crippen LogP contribution in [0.2, 0.25) is 0 Å². The molecule has 1 saturated heterocycles. The standard InChI is InChI=1S/C15H23NO/c1-3-13-6-5-7-14(4-2)15(13)16-10-12-8-9-17-11-12/h5-7,12,16H,3-4,8-11H2,1-2H3. The first-order valence-corrected chi connectivity index (χ1v) is 6.77. The molecule has 1 atom stereocenters. The molecule has 1 N–H and O–H groups in total. The van der Waals surface area contributed by atoms with E-state index in [4.69, 9.17) is 4.74 Å². The maximum atomic E-state index is 5.42. The summed E-state index contributed by atoms with van der Waals surface area (Å²) in [5, 5.41) is 3.65. The van der Waals surface area contributed by atoms with Gasteiger partial charge in [-0.2, -0.15) is 0 Å². The summed E-state index contributed by atoms with van der Waals surface area (Å²) in [6.45, 7) is 7.34. The zero-order chi connectivity index (χ0) is 12.1. The van der Waals surface area contributed by atoms with Gasteiger partial charge in [-0.3, -0.25) is 0 Å². The molecule has 0 aromatic heterocycles. The molecule has 0 saturated carbocycles. The second-order valence-electron chi connectivity index (χ2n) is 4.77. The van der Waals surface area contributed by atoms with E-state index in [1.807, 2.05) is 0 Å². The van der Waals surface area contributed by atoms with E-state index in [0.717, 1.165) is 32.6 Å². The molecule has 0 spiro atoms. The van der Waals surface area contributed by atoms with E-state index in [-0.39, 0.29) is 0 Å². The van der Waals surface area contributed by atoms with Crippen molar-refractivity contribution in [3.05, 3.63) is 29.3 Å². The van der Waals surface area contributed by atoms with Crippen LogP contribution < -0.4 is 5.32 Å². The maximum absolute atomic E-state index is 5.42. The summed E-state index contributed by atoms with van der Waals surface area (Å²) in [5.41, 5.74) is 4.23. The average molecular weight is 233 g/mol. The van der Waals surface area contributed by atoms with Gasteiger partial charge in [-0.25, -0.2) is 0 Å². The Labute approximate surface area is 104 Å². The van der Waals surface area contributed by atoms with Crippen molar-refractivity contribution in [1.29, 1.82) is 0 Å². The Morgan fingerprint density at radius 2 is 1.94 bits per heavy atom. The van der Waals surface area contributed by atoms with E-state index < -0.39 is 0 Å². The Morgan fingerprint density at radius 3 is 2.47 bits per heavy atom. The molecular formula is C15H23NO. The first kappa shape index (κ1) is 12.4. The van der Waals surface area contributed by atoms with Crippen LogP contribution in [0.15, 0.2) is 18.2 Å². The summed E-state index contributed by atoms with van der Waals surface area (Å²) in [6, 6.07) is 6.63. The molecule has 17 heavy (non-hydrogen) atoms. The highest BCUT2D eigenvalue weighted by Gasteiger charge is 2.16. The maximum Gasteiger partial charge on any atom is 0.0511 e. The van der Waals surface area contributed by atoms with Gasteiger partial charge >= 0.3 is 0 Å². The van der Waals surface area contributed by atoms with Gasteiger partial charge in [-0.15, -0.1) is 0 Å². The molecule has 1 unspecified atom stereocenters. The van der Waals surface area contributed by atoms with Crippen molar-refractivity contribution in [2.24, 2.45) is 5.92 Å². The van der Waals surface area contributed by atoms with Gasteiger partial charge in [-0.1, -0.05) is 32.0 Å². The highest BCUT2D eigenvalue weighted by Crippen LogP contribution is 2.23. The summed E-state index contributed by atoms with van der Waals surface area (Å²) in [4.78, 5) is 0. The normalized spacial score (nSPS) is 19.5. The van der Waals surface area contributed by atoms with E-state index in [0.29, 0.717) is 5.92 Å². The van der Waals surface area contributed by atoms with Crippen LogP contribution in [0.3, 0.4) is 0 Å². The van der Waals surface area contributed by atoms with E-state index in [1.54, 1.807) is 0 Å². The van der Waals surface area contributed by atoms with E-state index >= 15 is 0 Å². The lowest BCUT2D eigenvalue weighted by Crippen LogP contribution is -2.16. The number of anilines is 1. The SMILES string of the molecule is CCc1cccc(CC)c1NCC1CCOC1. The molecular weight excluding hydrogens is 210 g/mol. The van der Waals surface area contributed by atoms with Crippen LogP contribution in [0.1, 0.15) is 31.4 Å². The van der Waals surface area contributed by atoms with Crippen molar-refractivity contribution in [2.45, 2.75) is 33.1 Å². The molecule has 0 radical (unpaired) electrons. The molecule has 1 aliphatic heterocycles. The highest BCUT2D eigenvalue weighted by molar-refractivity contribution is 5.57. The second-order valence-corrected chi connectivity index (χ2v) is 4.77. The largest absolute Gasteiger partial charge is 0.384 e. The van der Waals surface area contributed by atoms with Gasteiger partial charge in [-0.05, 0) is 30.4 Å². The zero-order valence-corrected chi connectivity index (χ0v) is 11.0. The average Bonchev–Trinajstić information content (AvgIpc) is 2.88. The minimum absolute atomic E-state index is 0.685. The molecule has 1 heterocycles. The Balaban J connectivity index is 2.06. The lowest BCUT2D eigenvalue weighted by Gasteiger charge is -2.17. The number of para-hydroxylation sites is 1. The van der Waals surface area contributed by atoms with Gasteiger partial charge < -0.3 is 10.1 Å². The van der Waals surface area contributed by atoms with Crippen molar-refractivity contribution in [3.8, 4) is 0 Å². The Kier molecular flexibility index (Phi) is 4.43. The van der Waals surface area contributed by atoms with Crippen LogP contribution in [0, 0.1) is 5.92 Å². The van der Waals surface area contributed by atoms with Crippen molar-refractivity contribution in [1.82, 2.24) is 0 Å². The van der Waals surface area contributed by atoms with E-state index in [1.165, 1.54) is 23.2 Å². The number of nitrogens with one attached hydrogen (secondary N) is 1. The number of hydrogen-bond donors (Lipinski definition) is 1. The van der Waals surface area contributed by atoms with Gasteiger partial charge in [0.25, 0.3) is 0 Å². The van der Waals surface area contributed by atoms with Crippen LogP contribution in [0.5, 0.6) is 0 Å². The molecule has 1 fully saturated rings. The summed E-state index contributed by atoms with van der Waals surface area (Å²) in [5.74, 6) is 0.685. The fourth-order valence-electron chi connectivity index (χ4n) is 2.46. The first-order valence-electron chi connectivity index (χ1n) is 6.77. The number of ether oxygens (including phenoxy) is 1. The summed E-state index contributed by atoms with van der Waals surface area (Å²) in [7, 11) is 0. The van der Waals surface area contributed by atoms with E-state index in [2.05, 4.69) is 37.4 Å². The Morgan fingerprint density at radius 1 is 1.24 bits per heavy atom. The van der Waals surface area contributed by atoms with E-state index in [9.17, 15) is 0 Å². The number of hydrogen-bond acceptors (Lipinski definition) is 2. The third-order valence-corrected chi connectivity index (χ3v) is 3.59. The molecule has 2 nitrogen and oxygen atoms in total. The number of benzene rings is 1.